The van der Waals surface area contributed by atoms with Gasteiger partial charge >= 0.3 is 0 Å². The van der Waals surface area contributed by atoms with E-state index < -0.39 is 0 Å². The van der Waals surface area contributed by atoms with Gasteiger partial charge < -0.3 is 9.64 Å². The van der Waals surface area contributed by atoms with Crippen molar-refractivity contribution in [1.29, 1.82) is 0 Å². The van der Waals surface area contributed by atoms with Crippen molar-refractivity contribution in [2.45, 2.75) is 39.8 Å². The third kappa shape index (κ3) is 3.09. The van der Waals surface area contributed by atoms with Gasteiger partial charge in [0.2, 0.25) is 0 Å². The summed E-state index contributed by atoms with van der Waals surface area (Å²) in [7, 11) is 0. The number of aromatic nitrogens is 2. The van der Waals surface area contributed by atoms with Crippen molar-refractivity contribution in [3.05, 3.63) is 47.3 Å². The molecule has 2 heterocycles. The first kappa shape index (κ1) is 15.6. The number of ether oxygens (including phenoxy) is 1. The van der Waals surface area contributed by atoms with Gasteiger partial charge in [-0.1, -0.05) is 32.0 Å². The van der Waals surface area contributed by atoms with Crippen LogP contribution in [0.15, 0.2) is 30.3 Å². The number of nitrogens with zero attached hydrogens (tertiary/aromatic N) is 3. The molecule has 0 fully saturated rings. The number of para-hydroxylation sites is 1. The SMILES string of the molecule is CCn1nc(C(C)C)cc1C(=O)N1CCOc2ccccc2C1. The topological polar surface area (TPSA) is 47.4 Å². The first-order chi connectivity index (χ1) is 11.1. The highest BCUT2D eigenvalue weighted by atomic mass is 16.5. The molecule has 0 saturated heterocycles. The molecule has 1 aromatic heterocycles. The minimum atomic E-state index is 0.0200. The maximum absolute atomic E-state index is 13.0. The lowest BCUT2D eigenvalue weighted by Crippen LogP contribution is -2.34. The van der Waals surface area contributed by atoms with E-state index in [9.17, 15) is 4.79 Å². The lowest BCUT2D eigenvalue weighted by Gasteiger charge is -2.20. The Kier molecular flexibility index (Phi) is 4.37. The average molecular weight is 313 g/mol. The first-order valence-electron chi connectivity index (χ1n) is 8.18. The van der Waals surface area contributed by atoms with Gasteiger partial charge in [0.15, 0.2) is 0 Å². The molecule has 1 amide bonds. The van der Waals surface area contributed by atoms with E-state index in [2.05, 4.69) is 18.9 Å². The van der Waals surface area contributed by atoms with Crippen LogP contribution in [-0.4, -0.2) is 33.7 Å². The van der Waals surface area contributed by atoms with Gasteiger partial charge in [0.25, 0.3) is 5.91 Å². The number of aryl methyl sites for hydroxylation is 1. The smallest absolute Gasteiger partial charge is 0.272 e. The van der Waals surface area contributed by atoms with Crippen LogP contribution in [0.2, 0.25) is 0 Å². The van der Waals surface area contributed by atoms with Gasteiger partial charge in [-0.05, 0) is 25.0 Å². The summed E-state index contributed by atoms with van der Waals surface area (Å²) in [6.07, 6.45) is 0. The molecule has 0 unspecified atom stereocenters. The van der Waals surface area contributed by atoms with Crippen molar-refractivity contribution >= 4 is 5.91 Å². The van der Waals surface area contributed by atoms with E-state index in [-0.39, 0.29) is 5.91 Å². The maximum Gasteiger partial charge on any atom is 0.272 e. The summed E-state index contributed by atoms with van der Waals surface area (Å²) >= 11 is 0. The third-order valence-corrected chi connectivity index (χ3v) is 4.15. The minimum Gasteiger partial charge on any atom is -0.491 e. The molecule has 1 aromatic carbocycles. The summed E-state index contributed by atoms with van der Waals surface area (Å²) in [4.78, 5) is 14.8. The molecule has 0 bridgehead atoms. The van der Waals surface area contributed by atoms with Gasteiger partial charge in [0.05, 0.1) is 12.2 Å². The number of benzene rings is 1. The van der Waals surface area contributed by atoms with Gasteiger partial charge in [-0.2, -0.15) is 5.10 Å². The molecule has 5 nitrogen and oxygen atoms in total. The molecular weight excluding hydrogens is 290 g/mol. The van der Waals surface area contributed by atoms with Crippen LogP contribution >= 0.6 is 0 Å². The predicted octanol–water partition coefficient (Wildman–Crippen LogP) is 3.06. The number of hydrogen-bond acceptors (Lipinski definition) is 3. The van der Waals surface area contributed by atoms with E-state index in [0.717, 1.165) is 17.0 Å². The Balaban J connectivity index is 1.88. The summed E-state index contributed by atoms with van der Waals surface area (Å²) in [5, 5.41) is 4.55. The second kappa shape index (κ2) is 6.44. The fourth-order valence-electron chi connectivity index (χ4n) is 2.79. The highest BCUT2D eigenvalue weighted by Crippen LogP contribution is 2.24. The molecule has 3 rings (SSSR count). The summed E-state index contributed by atoms with van der Waals surface area (Å²) in [5.41, 5.74) is 2.67. The summed E-state index contributed by atoms with van der Waals surface area (Å²) in [6, 6.07) is 9.82. The molecule has 23 heavy (non-hydrogen) atoms. The Labute approximate surface area is 136 Å². The van der Waals surface area contributed by atoms with Crippen LogP contribution in [0.3, 0.4) is 0 Å². The van der Waals surface area contributed by atoms with Crippen LogP contribution < -0.4 is 4.74 Å². The number of carbonyl (C=O) groups is 1. The van der Waals surface area contributed by atoms with Crippen LogP contribution in [0.4, 0.5) is 0 Å². The Hall–Kier alpha value is -2.30. The Morgan fingerprint density at radius 2 is 2.13 bits per heavy atom. The monoisotopic (exact) mass is 313 g/mol. The molecule has 0 spiro atoms. The molecule has 0 aliphatic carbocycles. The molecule has 0 radical (unpaired) electrons. The molecule has 5 heteroatoms. The van der Waals surface area contributed by atoms with Crippen LogP contribution in [0, 0.1) is 0 Å². The minimum absolute atomic E-state index is 0.0200. The summed E-state index contributed by atoms with van der Waals surface area (Å²) < 4.78 is 7.55. The van der Waals surface area contributed by atoms with Crippen molar-refractivity contribution in [3.8, 4) is 5.75 Å². The number of fused-ring (bicyclic) bond motifs is 1. The van der Waals surface area contributed by atoms with E-state index in [4.69, 9.17) is 4.74 Å². The van der Waals surface area contributed by atoms with Crippen molar-refractivity contribution in [2.24, 2.45) is 0 Å². The van der Waals surface area contributed by atoms with E-state index in [0.29, 0.717) is 37.9 Å². The molecule has 0 saturated carbocycles. The van der Waals surface area contributed by atoms with Crippen LogP contribution in [0.5, 0.6) is 5.75 Å². The molecule has 1 aliphatic heterocycles. The zero-order valence-electron chi connectivity index (χ0n) is 14.0. The first-order valence-corrected chi connectivity index (χ1v) is 8.18. The second-order valence-corrected chi connectivity index (χ2v) is 6.11. The standard InChI is InChI=1S/C18H23N3O2/c1-4-21-16(11-15(19-21)13(2)3)18(22)20-9-10-23-17-8-6-5-7-14(17)12-20/h5-8,11,13H,4,9-10,12H2,1-3H3. The molecule has 122 valence electrons. The molecule has 1 aliphatic rings. The Morgan fingerprint density at radius 1 is 1.35 bits per heavy atom. The van der Waals surface area contributed by atoms with Crippen molar-refractivity contribution in [3.63, 3.8) is 0 Å². The lowest BCUT2D eigenvalue weighted by molar-refractivity contribution is 0.0720. The molecule has 2 aromatic rings. The van der Waals surface area contributed by atoms with Crippen molar-refractivity contribution < 1.29 is 9.53 Å². The highest BCUT2D eigenvalue weighted by molar-refractivity contribution is 5.92. The highest BCUT2D eigenvalue weighted by Gasteiger charge is 2.24. The molecule has 0 N–H and O–H groups in total. The Bertz CT molecular complexity index is 706. The lowest BCUT2D eigenvalue weighted by atomic mass is 10.1. The number of amides is 1. The summed E-state index contributed by atoms with van der Waals surface area (Å²) in [5.74, 6) is 1.20. The van der Waals surface area contributed by atoms with E-state index in [1.807, 2.05) is 42.2 Å². The number of rotatable bonds is 3. The molecule has 0 atom stereocenters. The quantitative estimate of drug-likeness (QED) is 0.875. The zero-order valence-corrected chi connectivity index (χ0v) is 14.0. The van der Waals surface area contributed by atoms with Gasteiger partial charge in [0, 0.05) is 18.7 Å². The maximum atomic E-state index is 13.0. The van der Waals surface area contributed by atoms with E-state index in [1.165, 1.54) is 0 Å². The molecular formula is C18H23N3O2. The van der Waals surface area contributed by atoms with Crippen molar-refractivity contribution in [1.82, 2.24) is 14.7 Å². The van der Waals surface area contributed by atoms with Crippen LogP contribution in [0.1, 0.15) is 48.4 Å². The number of hydrogen-bond donors (Lipinski definition) is 0. The fourth-order valence-corrected chi connectivity index (χ4v) is 2.79. The predicted molar refractivity (Wildman–Crippen MR) is 88.7 cm³/mol. The van der Waals surface area contributed by atoms with Gasteiger partial charge in [-0.25, -0.2) is 0 Å². The van der Waals surface area contributed by atoms with Gasteiger partial charge in [-0.3, -0.25) is 9.48 Å². The fraction of sp³-hybridized carbons (Fsp3) is 0.444. The largest absolute Gasteiger partial charge is 0.491 e. The second-order valence-electron chi connectivity index (χ2n) is 6.11. The number of carbonyl (C=O) groups excluding carboxylic acids is 1. The normalized spacial score (nSPS) is 14.3. The van der Waals surface area contributed by atoms with Gasteiger partial charge in [0.1, 0.15) is 18.1 Å². The van der Waals surface area contributed by atoms with Crippen LogP contribution in [0.25, 0.3) is 0 Å². The van der Waals surface area contributed by atoms with Crippen molar-refractivity contribution in [2.75, 3.05) is 13.2 Å². The zero-order chi connectivity index (χ0) is 16.4. The summed E-state index contributed by atoms with van der Waals surface area (Å²) in [6.45, 7) is 8.54. The van der Waals surface area contributed by atoms with E-state index >= 15 is 0 Å². The third-order valence-electron chi connectivity index (χ3n) is 4.15. The van der Waals surface area contributed by atoms with Gasteiger partial charge in [-0.15, -0.1) is 0 Å². The Morgan fingerprint density at radius 3 is 2.87 bits per heavy atom. The van der Waals surface area contributed by atoms with E-state index in [1.54, 1.807) is 4.68 Å². The van der Waals surface area contributed by atoms with Crippen LogP contribution in [-0.2, 0) is 13.1 Å². The average Bonchev–Trinajstić information content (AvgIpc) is 2.87.